The van der Waals surface area contributed by atoms with Crippen LogP contribution in [-0.2, 0) is 14.3 Å². The molecule has 140 valence electrons. The zero-order chi connectivity index (χ0) is 18.7. The number of ether oxygens (including phenoxy) is 3. The summed E-state index contributed by atoms with van der Waals surface area (Å²) in [6, 6.07) is 6.97. The summed E-state index contributed by atoms with van der Waals surface area (Å²) in [5.74, 6) is 0.408. The molecule has 2 N–H and O–H groups in total. The van der Waals surface area contributed by atoms with Crippen molar-refractivity contribution in [2.75, 3.05) is 13.2 Å². The summed E-state index contributed by atoms with van der Waals surface area (Å²) in [7, 11) is 0. The van der Waals surface area contributed by atoms with Gasteiger partial charge in [0.25, 0.3) is 11.8 Å². The molecule has 2 amide bonds. The summed E-state index contributed by atoms with van der Waals surface area (Å²) in [6.45, 7) is 8.27. The highest BCUT2D eigenvalue weighted by Crippen LogP contribution is 2.18. The molecule has 0 fully saturated rings. The minimum absolute atomic E-state index is 0.405. The number of rotatable bonds is 10. The van der Waals surface area contributed by atoms with Crippen LogP contribution in [0.5, 0.6) is 11.5 Å². The Morgan fingerprint density at radius 3 is 2.08 bits per heavy atom. The maximum atomic E-state index is 12.0. The van der Waals surface area contributed by atoms with E-state index in [0.29, 0.717) is 19.0 Å². The molecule has 0 saturated heterocycles. The van der Waals surface area contributed by atoms with E-state index in [1.807, 2.05) is 13.8 Å². The topological polar surface area (TPSA) is 85.9 Å². The van der Waals surface area contributed by atoms with Crippen molar-refractivity contribution in [3.8, 4) is 11.5 Å². The maximum Gasteiger partial charge on any atom is 0.279 e. The normalized spacial score (nSPS) is 12.8. The van der Waals surface area contributed by atoms with Crippen LogP contribution in [0.25, 0.3) is 0 Å². The van der Waals surface area contributed by atoms with Gasteiger partial charge in [-0.05, 0) is 51.5 Å². The van der Waals surface area contributed by atoms with E-state index >= 15 is 0 Å². The molecule has 0 spiro atoms. The molecule has 0 radical (unpaired) electrons. The Balaban J connectivity index is 2.37. The first kappa shape index (κ1) is 20.8. The number of nitrogens with one attached hydrogen (secondary N) is 2. The highest BCUT2D eigenvalue weighted by atomic mass is 16.5. The molecule has 0 aliphatic heterocycles. The fraction of sp³-hybridized carbons (Fsp3) is 0.556. The second kappa shape index (κ2) is 11.3. The third-order valence-electron chi connectivity index (χ3n) is 3.36. The highest BCUT2D eigenvalue weighted by molar-refractivity contribution is 5.86. The molecule has 7 heteroatoms. The van der Waals surface area contributed by atoms with Crippen LogP contribution in [0, 0.1) is 0 Å². The molecule has 0 aliphatic rings. The predicted molar refractivity (Wildman–Crippen MR) is 94.3 cm³/mol. The second-order valence-electron chi connectivity index (χ2n) is 5.51. The van der Waals surface area contributed by atoms with Crippen molar-refractivity contribution in [1.29, 1.82) is 0 Å². The average molecular weight is 352 g/mol. The SMILES string of the molecule is CCCCOC(C)C(=O)NNC(=O)C(C)Oc1ccc(OCC)cc1. The molecule has 0 aromatic heterocycles. The van der Waals surface area contributed by atoms with Crippen LogP contribution in [0.2, 0.25) is 0 Å². The summed E-state index contributed by atoms with van der Waals surface area (Å²) < 4.78 is 16.2. The molecular weight excluding hydrogens is 324 g/mol. The molecule has 2 atom stereocenters. The van der Waals surface area contributed by atoms with Crippen LogP contribution in [-0.4, -0.2) is 37.2 Å². The number of carbonyl (C=O) groups is 2. The Bertz CT molecular complexity index is 533. The molecule has 7 nitrogen and oxygen atoms in total. The number of hydrogen-bond acceptors (Lipinski definition) is 5. The summed E-state index contributed by atoms with van der Waals surface area (Å²) in [5.41, 5.74) is 4.68. The number of benzene rings is 1. The van der Waals surface area contributed by atoms with Gasteiger partial charge in [-0.1, -0.05) is 13.3 Å². The van der Waals surface area contributed by atoms with Gasteiger partial charge in [-0.3, -0.25) is 20.4 Å². The Kier molecular flexibility index (Phi) is 9.39. The Morgan fingerprint density at radius 2 is 1.52 bits per heavy atom. The lowest BCUT2D eigenvalue weighted by Gasteiger charge is -2.17. The quantitative estimate of drug-likeness (QED) is 0.498. The van der Waals surface area contributed by atoms with E-state index in [9.17, 15) is 9.59 Å². The van der Waals surface area contributed by atoms with Crippen molar-refractivity contribution in [2.24, 2.45) is 0 Å². The Labute approximate surface area is 149 Å². The van der Waals surface area contributed by atoms with E-state index in [1.165, 1.54) is 0 Å². The molecule has 0 aliphatic carbocycles. The molecule has 1 aromatic rings. The smallest absolute Gasteiger partial charge is 0.279 e. The van der Waals surface area contributed by atoms with Crippen LogP contribution in [0.1, 0.15) is 40.5 Å². The van der Waals surface area contributed by atoms with Gasteiger partial charge in [0.15, 0.2) is 6.10 Å². The third-order valence-corrected chi connectivity index (χ3v) is 3.36. The van der Waals surface area contributed by atoms with Crippen molar-refractivity contribution in [1.82, 2.24) is 10.9 Å². The van der Waals surface area contributed by atoms with Gasteiger partial charge in [0, 0.05) is 6.61 Å². The van der Waals surface area contributed by atoms with Crippen LogP contribution in [0.3, 0.4) is 0 Å². The minimum Gasteiger partial charge on any atom is -0.494 e. The zero-order valence-corrected chi connectivity index (χ0v) is 15.3. The fourth-order valence-corrected chi connectivity index (χ4v) is 1.85. The van der Waals surface area contributed by atoms with Gasteiger partial charge >= 0.3 is 0 Å². The van der Waals surface area contributed by atoms with Crippen molar-refractivity contribution in [3.05, 3.63) is 24.3 Å². The average Bonchev–Trinajstić information content (AvgIpc) is 2.61. The van der Waals surface area contributed by atoms with Gasteiger partial charge in [-0.25, -0.2) is 0 Å². The Morgan fingerprint density at radius 1 is 0.960 bits per heavy atom. The van der Waals surface area contributed by atoms with E-state index in [4.69, 9.17) is 14.2 Å². The van der Waals surface area contributed by atoms with Crippen LogP contribution in [0.4, 0.5) is 0 Å². The highest BCUT2D eigenvalue weighted by Gasteiger charge is 2.18. The van der Waals surface area contributed by atoms with E-state index in [0.717, 1.165) is 18.6 Å². The van der Waals surface area contributed by atoms with Crippen LogP contribution in [0.15, 0.2) is 24.3 Å². The standard InChI is InChI=1S/C18H28N2O5/c1-5-7-12-24-13(3)17(21)19-20-18(22)14(4)25-16-10-8-15(9-11-16)23-6-2/h8-11,13-14H,5-7,12H2,1-4H3,(H,19,21)(H,20,22). The van der Waals surface area contributed by atoms with Gasteiger partial charge in [-0.2, -0.15) is 0 Å². The maximum absolute atomic E-state index is 12.0. The van der Waals surface area contributed by atoms with Gasteiger partial charge in [0.05, 0.1) is 6.61 Å². The number of hydrazine groups is 1. The molecule has 1 rings (SSSR count). The fourth-order valence-electron chi connectivity index (χ4n) is 1.85. The Hall–Kier alpha value is -2.28. The van der Waals surface area contributed by atoms with Crippen LogP contribution < -0.4 is 20.3 Å². The lowest BCUT2D eigenvalue weighted by molar-refractivity contribution is -0.138. The number of carbonyl (C=O) groups excluding carboxylic acids is 2. The molecule has 2 unspecified atom stereocenters. The first-order chi connectivity index (χ1) is 12.0. The van der Waals surface area contributed by atoms with E-state index in [2.05, 4.69) is 10.9 Å². The van der Waals surface area contributed by atoms with Gasteiger partial charge < -0.3 is 14.2 Å². The van der Waals surface area contributed by atoms with Gasteiger partial charge in [0.2, 0.25) is 0 Å². The molecule has 1 aromatic carbocycles. The summed E-state index contributed by atoms with van der Waals surface area (Å²) in [6.07, 6.45) is 0.478. The monoisotopic (exact) mass is 352 g/mol. The van der Waals surface area contributed by atoms with E-state index in [1.54, 1.807) is 38.1 Å². The number of hydrogen-bond donors (Lipinski definition) is 2. The van der Waals surface area contributed by atoms with Crippen LogP contribution >= 0.6 is 0 Å². The van der Waals surface area contributed by atoms with E-state index in [-0.39, 0.29) is 0 Å². The largest absolute Gasteiger partial charge is 0.494 e. The molecule has 25 heavy (non-hydrogen) atoms. The lowest BCUT2D eigenvalue weighted by Crippen LogP contribution is -2.50. The number of unbranched alkanes of at least 4 members (excludes halogenated alkanes) is 1. The first-order valence-electron chi connectivity index (χ1n) is 8.58. The summed E-state index contributed by atoms with van der Waals surface area (Å²) in [5, 5.41) is 0. The lowest BCUT2D eigenvalue weighted by atomic mass is 10.3. The zero-order valence-electron chi connectivity index (χ0n) is 15.3. The molecular formula is C18H28N2O5. The molecule has 0 bridgehead atoms. The summed E-state index contributed by atoms with van der Waals surface area (Å²) >= 11 is 0. The minimum atomic E-state index is -0.769. The van der Waals surface area contributed by atoms with Crippen molar-refractivity contribution >= 4 is 11.8 Å². The molecule has 0 saturated carbocycles. The van der Waals surface area contributed by atoms with Gasteiger partial charge in [-0.15, -0.1) is 0 Å². The van der Waals surface area contributed by atoms with Crippen molar-refractivity contribution in [2.45, 2.75) is 52.7 Å². The third kappa shape index (κ3) is 7.89. The predicted octanol–water partition coefficient (Wildman–Crippen LogP) is 2.21. The van der Waals surface area contributed by atoms with Gasteiger partial charge in [0.1, 0.15) is 17.6 Å². The summed E-state index contributed by atoms with van der Waals surface area (Å²) in [4.78, 5) is 23.8. The first-order valence-corrected chi connectivity index (χ1v) is 8.58. The second-order valence-corrected chi connectivity index (χ2v) is 5.51. The van der Waals surface area contributed by atoms with Crippen molar-refractivity contribution in [3.63, 3.8) is 0 Å². The van der Waals surface area contributed by atoms with E-state index < -0.39 is 24.0 Å². The molecule has 0 heterocycles. The van der Waals surface area contributed by atoms with Crippen molar-refractivity contribution < 1.29 is 23.8 Å². The number of amides is 2.